The molecule has 2 heteroatoms. The van der Waals surface area contributed by atoms with Crippen LogP contribution in [0.15, 0.2) is 29.3 Å². The fourth-order valence-corrected chi connectivity index (χ4v) is 1.06. The predicted molar refractivity (Wildman–Crippen MR) is 44.2 cm³/mol. The van der Waals surface area contributed by atoms with Gasteiger partial charge in [0.05, 0.1) is 4.47 Å². The largest absolute Gasteiger partial charge is 0.205 e. The molecule has 0 atom stereocenters. The molecular weight excluding hydrogens is 195 g/mol. The van der Waals surface area contributed by atoms with Crippen molar-refractivity contribution in [3.05, 3.63) is 40.6 Å². The van der Waals surface area contributed by atoms with Gasteiger partial charge in [0.25, 0.3) is 0 Å². The average Bonchev–Trinajstić information content (AvgIpc) is 1.95. The maximum absolute atomic E-state index is 12.9. The lowest BCUT2D eigenvalue weighted by atomic mass is 10.2. The quantitative estimate of drug-likeness (QED) is 0.654. The Kier molecular flexibility index (Phi) is 2.22. The second-order valence-electron chi connectivity index (χ2n) is 1.85. The van der Waals surface area contributed by atoms with Crippen LogP contribution in [-0.2, 0) is 0 Å². The number of rotatable bonds is 1. The van der Waals surface area contributed by atoms with Gasteiger partial charge in [-0.05, 0) is 22.0 Å². The Morgan fingerprint density at radius 3 is 2.70 bits per heavy atom. The summed E-state index contributed by atoms with van der Waals surface area (Å²) < 4.78 is 13.4. The fourth-order valence-electron chi connectivity index (χ4n) is 0.678. The van der Waals surface area contributed by atoms with Crippen LogP contribution >= 0.6 is 15.9 Å². The molecule has 0 saturated heterocycles. The van der Waals surface area contributed by atoms with Crippen LogP contribution in [0.25, 0.3) is 6.08 Å². The van der Waals surface area contributed by atoms with Crippen molar-refractivity contribution >= 4 is 22.0 Å². The second kappa shape index (κ2) is 2.97. The van der Waals surface area contributed by atoms with Gasteiger partial charge in [0, 0.05) is 5.56 Å². The van der Waals surface area contributed by atoms with Crippen molar-refractivity contribution in [3.8, 4) is 0 Å². The molecule has 52 valence electrons. The first-order chi connectivity index (χ1) is 4.75. The highest BCUT2D eigenvalue weighted by molar-refractivity contribution is 9.10. The van der Waals surface area contributed by atoms with Gasteiger partial charge in [0.1, 0.15) is 5.82 Å². The number of hydrogen-bond donors (Lipinski definition) is 0. The summed E-state index contributed by atoms with van der Waals surface area (Å²) in [5.41, 5.74) is 0.523. The Bertz CT molecular complexity index is 255. The summed E-state index contributed by atoms with van der Waals surface area (Å²) in [4.78, 5) is 0. The van der Waals surface area contributed by atoms with Gasteiger partial charge in [-0.2, -0.15) is 0 Å². The van der Waals surface area contributed by atoms with Crippen LogP contribution in [0.4, 0.5) is 4.39 Å². The molecule has 0 fully saturated rings. The Labute approximate surface area is 67.5 Å². The van der Waals surface area contributed by atoms with Crippen molar-refractivity contribution in [1.82, 2.24) is 0 Å². The third-order valence-electron chi connectivity index (χ3n) is 1.20. The van der Waals surface area contributed by atoms with Crippen LogP contribution in [0, 0.1) is 5.82 Å². The molecule has 0 saturated carbocycles. The average molecular weight is 201 g/mol. The molecule has 0 N–H and O–H groups in total. The lowest BCUT2D eigenvalue weighted by molar-refractivity contribution is 0.618. The molecule has 0 nitrogen and oxygen atoms in total. The van der Waals surface area contributed by atoms with Crippen LogP contribution in [0.2, 0.25) is 0 Å². The van der Waals surface area contributed by atoms with Crippen LogP contribution in [0.3, 0.4) is 0 Å². The lowest BCUT2D eigenvalue weighted by Crippen LogP contribution is -1.81. The van der Waals surface area contributed by atoms with E-state index in [4.69, 9.17) is 0 Å². The van der Waals surface area contributed by atoms with Gasteiger partial charge >= 0.3 is 0 Å². The Hall–Kier alpha value is -0.630. The molecule has 0 amide bonds. The third-order valence-corrected chi connectivity index (χ3v) is 1.81. The van der Waals surface area contributed by atoms with Gasteiger partial charge in [-0.3, -0.25) is 0 Å². The highest BCUT2D eigenvalue weighted by atomic mass is 79.9. The van der Waals surface area contributed by atoms with Gasteiger partial charge < -0.3 is 0 Å². The molecule has 0 unspecified atom stereocenters. The minimum Gasteiger partial charge on any atom is -0.205 e. The van der Waals surface area contributed by atoms with Gasteiger partial charge in [-0.15, -0.1) is 0 Å². The zero-order chi connectivity index (χ0) is 7.56. The maximum Gasteiger partial charge on any atom is 0.144 e. The van der Waals surface area contributed by atoms with Gasteiger partial charge in [-0.25, -0.2) is 4.39 Å². The van der Waals surface area contributed by atoms with Crippen LogP contribution < -0.4 is 0 Å². The maximum atomic E-state index is 12.9. The van der Waals surface area contributed by atoms with Crippen molar-refractivity contribution in [1.29, 1.82) is 0 Å². The van der Waals surface area contributed by atoms with E-state index in [-0.39, 0.29) is 5.82 Å². The molecule has 0 spiro atoms. The van der Waals surface area contributed by atoms with Crippen LogP contribution in [0.1, 0.15) is 5.56 Å². The SMILES string of the molecule is C=Cc1cccc(Br)c1F. The topological polar surface area (TPSA) is 0 Å². The monoisotopic (exact) mass is 200 g/mol. The highest BCUT2D eigenvalue weighted by Crippen LogP contribution is 2.18. The van der Waals surface area contributed by atoms with E-state index >= 15 is 0 Å². The molecular formula is C8H6BrF. The second-order valence-corrected chi connectivity index (χ2v) is 2.70. The Morgan fingerprint density at radius 2 is 2.20 bits per heavy atom. The van der Waals surface area contributed by atoms with Gasteiger partial charge in [0.15, 0.2) is 0 Å². The number of halogens is 2. The molecule has 0 aliphatic heterocycles. The fraction of sp³-hybridized carbons (Fsp3) is 0. The first-order valence-corrected chi connectivity index (χ1v) is 3.61. The number of benzene rings is 1. The predicted octanol–water partition coefficient (Wildman–Crippen LogP) is 3.23. The van der Waals surface area contributed by atoms with Crippen molar-refractivity contribution in [2.24, 2.45) is 0 Å². The lowest BCUT2D eigenvalue weighted by Gasteiger charge is -1.96. The molecule has 10 heavy (non-hydrogen) atoms. The van der Waals surface area contributed by atoms with E-state index in [9.17, 15) is 4.39 Å². The molecule has 0 aromatic heterocycles. The number of hydrogen-bond acceptors (Lipinski definition) is 0. The van der Waals surface area contributed by atoms with Gasteiger partial charge in [0.2, 0.25) is 0 Å². The molecule has 1 aromatic rings. The first kappa shape index (κ1) is 7.48. The molecule has 0 aliphatic carbocycles. The highest BCUT2D eigenvalue weighted by Gasteiger charge is 2.00. The van der Waals surface area contributed by atoms with Crippen molar-refractivity contribution in [2.45, 2.75) is 0 Å². The normalized spacial score (nSPS) is 9.40. The summed E-state index contributed by atoms with van der Waals surface area (Å²) in [6, 6.07) is 5.10. The van der Waals surface area contributed by atoms with E-state index in [1.54, 1.807) is 18.2 Å². The van der Waals surface area contributed by atoms with E-state index < -0.39 is 0 Å². The first-order valence-electron chi connectivity index (χ1n) is 2.82. The van der Waals surface area contributed by atoms with E-state index in [0.29, 0.717) is 10.0 Å². The molecule has 0 radical (unpaired) electrons. The summed E-state index contributed by atoms with van der Waals surface area (Å²) in [6.07, 6.45) is 1.49. The summed E-state index contributed by atoms with van der Waals surface area (Å²) in [6.45, 7) is 3.47. The third kappa shape index (κ3) is 1.27. The summed E-state index contributed by atoms with van der Waals surface area (Å²) in [5.74, 6) is -0.252. The van der Waals surface area contributed by atoms with Crippen molar-refractivity contribution in [3.63, 3.8) is 0 Å². The zero-order valence-corrected chi connectivity index (χ0v) is 6.86. The molecule has 0 bridgehead atoms. The zero-order valence-electron chi connectivity index (χ0n) is 5.27. The van der Waals surface area contributed by atoms with Crippen molar-refractivity contribution < 1.29 is 4.39 Å². The van der Waals surface area contributed by atoms with E-state index in [1.807, 2.05) is 0 Å². The van der Waals surface area contributed by atoms with Crippen molar-refractivity contribution in [2.75, 3.05) is 0 Å². The molecule has 1 aromatic carbocycles. The molecule has 0 aliphatic rings. The minimum absolute atomic E-state index is 0.252. The smallest absolute Gasteiger partial charge is 0.144 e. The Morgan fingerprint density at radius 1 is 1.50 bits per heavy atom. The van der Waals surface area contributed by atoms with Crippen LogP contribution in [-0.4, -0.2) is 0 Å². The summed E-state index contributed by atoms with van der Waals surface area (Å²) >= 11 is 3.06. The van der Waals surface area contributed by atoms with E-state index in [1.165, 1.54) is 6.08 Å². The summed E-state index contributed by atoms with van der Waals surface area (Å²) in [5, 5.41) is 0. The van der Waals surface area contributed by atoms with E-state index in [0.717, 1.165) is 0 Å². The minimum atomic E-state index is -0.252. The van der Waals surface area contributed by atoms with Crippen LogP contribution in [0.5, 0.6) is 0 Å². The molecule has 0 heterocycles. The summed E-state index contributed by atoms with van der Waals surface area (Å²) in [7, 11) is 0. The Balaban J connectivity index is 3.27. The van der Waals surface area contributed by atoms with Gasteiger partial charge in [-0.1, -0.05) is 24.8 Å². The molecule has 1 rings (SSSR count). The van der Waals surface area contributed by atoms with E-state index in [2.05, 4.69) is 22.5 Å². The standard InChI is InChI=1S/C8H6BrF/c1-2-6-4-3-5-7(9)8(6)10/h2-5H,1H2.